The maximum absolute atomic E-state index is 12.4. The molecule has 1 saturated heterocycles. The number of hydrogen-bond acceptors (Lipinski definition) is 5. The standard InChI is InChI=1S/C24H30N2O5/c1-3-29-20-8-10-22(11-9-20)31-17-24(28)26-14-12-19(13-15-26)25-23(27)16-30-21-6-4-18(2)5-7-21/h4-11,19H,3,12-17H2,1-2H3,(H,25,27). The largest absolute Gasteiger partial charge is 0.494 e. The summed E-state index contributed by atoms with van der Waals surface area (Å²) < 4.78 is 16.5. The van der Waals surface area contributed by atoms with Crippen molar-refractivity contribution in [2.45, 2.75) is 32.7 Å². The van der Waals surface area contributed by atoms with Crippen LogP contribution >= 0.6 is 0 Å². The molecule has 7 nitrogen and oxygen atoms in total. The van der Waals surface area contributed by atoms with Gasteiger partial charge in [0.05, 0.1) is 6.61 Å². The van der Waals surface area contributed by atoms with E-state index in [0.717, 1.165) is 11.3 Å². The van der Waals surface area contributed by atoms with Crippen molar-refractivity contribution in [1.29, 1.82) is 0 Å². The highest BCUT2D eigenvalue weighted by atomic mass is 16.5. The smallest absolute Gasteiger partial charge is 0.260 e. The topological polar surface area (TPSA) is 77.1 Å². The maximum atomic E-state index is 12.4. The third-order valence-electron chi connectivity index (χ3n) is 5.10. The number of nitrogens with one attached hydrogen (secondary N) is 1. The zero-order valence-corrected chi connectivity index (χ0v) is 18.1. The van der Waals surface area contributed by atoms with Gasteiger partial charge in [0, 0.05) is 19.1 Å². The molecule has 1 aliphatic rings. The number of ether oxygens (including phenoxy) is 3. The zero-order valence-electron chi connectivity index (χ0n) is 18.1. The second-order valence-electron chi connectivity index (χ2n) is 7.52. The van der Waals surface area contributed by atoms with E-state index < -0.39 is 0 Å². The Morgan fingerprint density at radius 2 is 1.39 bits per heavy atom. The fourth-order valence-corrected chi connectivity index (χ4v) is 3.36. The van der Waals surface area contributed by atoms with Gasteiger partial charge in [-0.25, -0.2) is 0 Å². The summed E-state index contributed by atoms with van der Waals surface area (Å²) in [5.74, 6) is 1.88. The molecule has 0 aromatic heterocycles. The van der Waals surface area contributed by atoms with Crippen LogP contribution in [0, 0.1) is 6.92 Å². The Hall–Kier alpha value is -3.22. The molecule has 0 saturated carbocycles. The fraction of sp³-hybridized carbons (Fsp3) is 0.417. The summed E-state index contributed by atoms with van der Waals surface area (Å²) in [6.07, 6.45) is 1.43. The van der Waals surface area contributed by atoms with Crippen LogP contribution in [-0.4, -0.2) is 55.7 Å². The summed E-state index contributed by atoms with van der Waals surface area (Å²) in [7, 11) is 0. The van der Waals surface area contributed by atoms with Crippen molar-refractivity contribution in [1.82, 2.24) is 10.2 Å². The van der Waals surface area contributed by atoms with Gasteiger partial charge in [-0.05, 0) is 63.1 Å². The van der Waals surface area contributed by atoms with Gasteiger partial charge in [0.1, 0.15) is 17.2 Å². The quantitative estimate of drug-likeness (QED) is 0.667. The summed E-state index contributed by atoms with van der Waals surface area (Å²) in [5.41, 5.74) is 1.14. The van der Waals surface area contributed by atoms with Crippen molar-refractivity contribution >= 4 is 11.8 Å². The molecule has 2 aromatic carbocycles. The Balaban J connectivity index is 1.34. The molecule has 1 N–H and O–H groups in total. The van der Waals surface area contributed by atoms with Gasteiger partial charge in [-0.15, -0.1) is 0 Å². The van der Waals surface area contributed by atoms with Gasteiger partial charge in [-0.1, -0.05) is 17.7 Å². The molecule has 166 valence electrons. The molecule has 31 heavy (non-hydrogen) atoms. The summed E-state index contributed by atoms with van der Waals surface area (Å²) in [6, 6.07) is 14.9. The van der Waals surface area contributed by atoms with Crippen LogP contribution in [0.4, 0.5) is 0 Å². The van der Waals surface area contributed by atoms with Crippen LogP contribution in [0.1, 0.15) is 25.3 Å². The SMILES string of the molecule is CCOc1ccc(OCC(=O)N2CCC(NC(=O)COc3ccc(C)cc3)CC2)cc1. The number of hydrogen-bond donors (Lipinski definition) is 1. The number of carbonyl (C=O) groups is 2. The molecular weight excluding hydrogens is 396 g/mol. The van der Waals surface area contributed by atoms with Crippen molar-refractivity contribution in [3.05, 3.63) is 54.1 Å². The Morgan fingerprint density at radius 1 is 0.871 bits per heavy atom. The van der Waals surface area contributed by atoms with Crippen LogP contribution in [0.2, 0.25) is 0 Å². The number of amides is 2. The van der Waals surface area contributed by atoms with Gasteiger partial charge in [0.15, 0.2) is 13.2 Å². The molecule has 0 atom stereocenters. The molecular formula is C24H30N2O5. The van der Waals surface area contributed by atoms with E-state index in [-0.39, 0.29) is 31.1 Å². The number of rotatable bonds is 9. The van der Waals surface area contributed by atoms with E-state index in [1.165, 1.54) is 0 Å². The van der Waals surface area contributed by atoms with Crippen LogP contribution in [0.5, 0.6) is 17.2 Å². The third kappa shape index (κ3) is 7.20. The van der Waals surface area contributed by atoms with Crippen molar-refractivity contribution < 1.29 is 23.8 Å². The Kier molecular flexibility index (Phi) is 8.15. The first-order chi connectivity index (χ1) is 15.0. The molecule has 7 heteroatoms. The number of piperidine rings is 1. The predicted octanol–water partition coefficient (Wildman–Crippen LogP) is 2.96. The summed E-state index contributed by atoms with van der Waals surface area (Å²) in [6.45, 7) is 5.70. The molecule has 2 aromatic rings. The maximum Gasteiger partial charge on any atom is 0.260 e. The van der Waals surface area contributed by atoms with Crippen molar-refractivity contribution in [2.75, 3.05) is 32.9 Å². The number of carbonyl (C=O) groups excluding carboxylic acids is 2. The molecule has 3 rings (SSSR count). The number of aryl methyl sites for hydroxylation is 1. The highest BCUT2D eigenvalue weighted by Gasteiger charge is 2.24. The van der Waals surface area contributed by atoms with E-state index in [1.54, 1.807) is 17.0 Å². The average Bonchev–Trinajstić information content (AvgIpc) is 2.79. The number of nitrogens with zero attached hydrogens (tertiary/aromatic N) is 1. The predicted molar refractivity (Wildman–Crippen MR) is 118 cm³/mol. The first-order valence-electron chi connectivity index (χ1n) is 10.7. The zero-order chi connectivity index (χ0) is 22.1. The lowest BCUT2D eigenvalue weighted by atomic mass is 10.1. The second kappa shape index (κ2) is 11.2. The minimum atomic E-state index is -0.149. The second-order valence-corrected chi connectivity index (χ2v) is 7.52. The first-order valence-corrected chi connectivity index (χ1v) is 10.7. The molecule has 0 bridgehead atoms. The van der Waals surface area contributed by atoms with Gasteiger partial charge in [-0.2, -0.15) is 0 Å². The molecule has 0 aliphatic carbocycles. The molecule has 1 aliphatic heterocycles. The highest BCUT2D eigenvalue weighted by Crippen LogP contribution is 2.18. The van der Waals surface area contributed by atoms with Gasteiger partial charge in [0.25, 0.3) is 11.8 Å². The summed E-state index contributed by atoms with van der Waals surface area (Å²) in [4.78, 5) is 26.3. The molecule has 0 unspecified atom stereocenters. The first kappa shape index (κ1) is 22.5. The van der Waals surface area contributed by atoms with Crippen LogP contribution in [0.3, 0.4) is 0 Å². The summed E-state index contributed by atoms with van der Waals surface area (Å²) >= 11 is 0. The molecule has 0 radical (unpaired) electrons. The lowest BCUT2D eigenvalue weighted by Gasteiger charge is -2.32. The normalized spacial score (nSPS) is 14.1. The Morgan fingerprint density at radius 3 is 1.97 bits per heavy atom. The van der Waals surface area contributed by atoms with Crippen LogP contribution in [0.15, 0.2) is 48.5 Å². The van der Waals surface area contributed by atoms with Gasteiger partial charge in [0.2, 0.25) is 0 Å². The van der Waals surface area contributed by atoms with E-state index in [0.29, 0.717) is 44.0 Å². The van der Waals surface area contributed by atoms with E-state index in [4.69, 9.17) is 14.2 Å². The van der Waals surface area contributed by atoms with Gasteiger partial charge in [-0.3, -0.25) is 9.59 Å². The van der Waals surface area contributed by atoms with Gasteiger partial charge >= 0.3 is 0 Å². The minimum absolute atomic E-state index is 0.00457. The Bertz CT molecular complexity index is 843. The molecule has 1 heterocycles. The van der Waals surface area contributed by atoms with E-state index >= 15 is 0 Å². The van der Waals surface area contributed by atoms with E-state index in [1.807, 2.05) is 50.2 Å². The minimum Gasteiger partial charge on any atom is -0.494 e. The van der Waals surface area contributed by atoms with Crippen molar-refractivity contribution in [3.63, 3.8) is 0 Å². The van der Waals surface area contributed by atoms with Crippen LogP contribution in [0.25, 0.3) is 0 Å². The molecule has 1 fully saturated rings. The number of benzene rings is 2. The molecule has 2 amide bonds. The van der Waals surface area contributed by atoms with Crippen LogP contribution < -0.4 is 19.5 Å². The fourth-order valence-electron chi connectivity index (χ4n) is 3.36. The lowest BCUT2D eigenvalue weighted by Crippen LogP contribution is -2.48. The van der Waals surface area contributed by atoms with E-state index in [2.05, 4.69) is 5.32 Å². The monoisotopic (exact) mass is 426 g/mol. The van der Waals surface area contributed by atoms with Crippen molar-refractivity contribution in [3.8, 4) is 17.2 Å². The highest BCUT2D eigenvalue weighted by molar-refractivity contribution is 5.79. The molecule has 0 spiro atoms. The number of likely N-dealkylation sites (tertiary alicyclic amines) is 1. The summed E-state index contributed by atoms with van der Waals surface area (Å²) in [5, 5.41) is 2.99. The third-order valence-corrected chi connectivity index (χ3v) is 5.10. The Labute approximate surface area is 183 Å². The van der Waals surface area contributed by atoms with Crippen LogP contribution in [-0.2, 0) is 9.59 Å². The van der Waals surface area contributed by atoms with Crippen molar-refractivity contribution in [2.24, 2.45) is 0 Å². The van der Waals surface area contributed by atoms with E-state index in [9.17, 15) is 9.59 Å². The van der Waals surface area contributed by atoms with Gasteiger partial charge < -0.3 is 24.4 Å². The lowest BCUT2D eigenvalue weighted by molar-refractivity contribution is -0.134. The average molecular weight is 427 g/mol.